The van der Waals surface area contributed by atoms with Gasteiger partial charge in [0.25, 0.3) is 0 Å². The molecule has 98 valence electrons. The second-order valence-corrected chi connectivity index (χ2v) is 4.53. The molecule has 0 aliphatic rings. The molecule has 5 heteroatoms. The van der Waals surface area contributed by atoms with E-state index in [1.807, 2.05) is 18.2 Å². The van der Waals surface area contributed by atoms with Gasteiger partial charge < -0.3 is 11.1 Å². The monoisotopic (exact) mass is 275 g/mol. The lowest BCUT2D eigenvalue weighted by atomic mass is 10.2. The lowest BCUT2D eigenvalue weighted by molar-refractivity contribution is -0.120. The Hall–Kier alpha value is -2.07. The van der Waals surface area contributed by atoms with Crippen LogP contribution < -0.4 is 11.1 Å². The number of rotatable bonds is 4. The number of benzene rings is 1. The van der Waals surface area contributed by atoms with Crippen molar-refractivity contribution in [2.24, 2.45) is 0 Å². The first-order valence-electron chi connectivity index (χ1n) is 5.85. The SMILES string of the molecule is Nc1ccc(CC(=O)NCc2ccccc2Cl)nc1. The van der Waals surface area contributed by atoms with Crippen LogP contribution in [0.25, 0.3) is 0 Å². The van der Waals surface area contributed by atoms with Gasteiger partial charge in [-0.1, -0.05) is 29.8 Å². The van der Waals surface area contributed by atoms with Crippen LogP contribution in [0.4, 0.5) is 5.69 Å². The van der Waals surface area contributed by atoms with E-state index >= 15 is 0 Å². The number of pyridine rings is 1. The molecule has 19 heavy (non-hydrogen) atoms. The lowest BCUT2D eigenvalue weighted by Gasteiger charge is -2.06. The molecule has 0 aliphatic heterocycles. The van der Waals surface area contributed by atoms with E-state index in [0.717, 1.165) is 5.56 Å². The summed E-state index contributed by atoms with van der Waals surface area (Å²) >= 11 is 6.01. The summed E-state index contributed by atoms with van der Waals surface area (Å²) in [5, 5.41) is 3.45. The quantitative estimate of drug-likeness (QED) is 0.899. The van der Waals surface area contributed by atoms with E-state index < -0.39 is 0 Å². The Labute approximate surface area is 116 Å². The van der Waals surface area contributed by atoms with Crippen LogP contribution in [0.1, 0.15) is 11.3 Å². The number of halogens is 1. The molecule has 0 fully saturated rings. The predicted molar refractivity (Wildman–Crippen MR) is 75.7 cm³/mol. The third-order valence-electron chi connectivity index (χ3n) is 2.62. The van der Waals surface area contributed by atoms with Gasteiger partial charge in [0.2, 0.25) is 5.91 Å². The average Bonchev–Trinajstić information content (AvgIpc) is 2.40. The molecule has 0 bridgehead atoms. The molecule has 2 aromatic rings. The number of nitrogens with two attached hydrogens (primary N) is 1. The molecule has 4 nitrogen and oxygen atoms in total. The number of aromatic nitrogens is 1. The predicted octanol–water partition coefficient (Wildman–Crippen LogP) is 2.18. The highest BCUT2D eigenvalue weighted by Gasteiger charge is 2.05. The van der Waals surface area contributed by atoms with Crippen molar-refractivity contribution in [3.05, 3.63) is 58.9 Å². The Balaban J connectivity index is 1.88. The molecule has 0 radical (unpaired) electrons. The van der Waals surface area contributed by atoms with E-state index in [9.17, 15) is 4.79 Å². The molecule has 2 rings (SSSR count). The highest BCUT2D eigenvalue weighted by Crippen LogP contribution is 2.14. The molecule has 1 aromatic carbocycles. The van der Waals surface area contributed by atoms with Crippen LogP contribution in [0.15, 0.2) is 42.6 Å². The zero-order valence-corrected chi connectivity index (χ0v) is 11.0. The summed E-state index contributed by atoms with van der Waals surface area (Å²) in [4.78, 5) is 15.8. The second kappa shape index (κ2) is 6.20. The molecule has 0 saturated heterocycles. The zero-order chi connectivity index (χ0) is 13.7. The number of anilines is 1. The van der Waals surface area contributed by atoms with Crippen LogP contribution in [0.5, 0.6) is 0 Å². The summed E-state index contributed by atoms with van der Waals surface area (Å²) < 4.78 is 0. The third kappa shape index (κ3) is 3.96. The van der Waals surface area contributed by atoms with Crippen molar-refractivity contribution < 1.29 is 4.79 Å². The fraction of sp³-hybridized carbons (Fsp3) is 0.143. The van der Waals surface area contributed by atoms with Crippen molar-refractivity contribution in [2.75, 3.05) is 5.73 Å². The second-order valence-electron chi connectivity index (χ2n) is 4.13. The molecule has 0 aliphatic carbocycles. The molecule has 1 amide bonds. The number of hydrogen-bond donors (Lipinski definition) is 2. The normalized spacial score (nSPS) is 10.2. The smallest absolute Gasteiger partial charge is 0.226 e. The number of carbonyl (C=O) groups excluding carboxylic acids is 1. The highest BCUT2D eigenvalue weighted by atomic mass is 35.5. The van der Waals surface area contributed by atoms with E-state index in [1.165, 1.54) is 6.20 Å². The molecule has 1 heterocycles. The van der Waals surface area contributed by atoms with Crippen LogP contribution in [-0.4, -0.2) is 10.9 Å². The van der Waals surface area contributed by atoms with Gasteiger partial charge in [0.05, 0.1) is 18.3 Å². The Kier molecular flexibility index (Phi) is 4.36. The Morgan fingerprint density at radius 3 is 2.74 bits per heavy atom. The highest BCUT2D eigenvalue weighted by molar-refractivity contribution is 6.31. The number of nitrogens with one attached hydrogen (secondary N) is 1. The van der Waals surface area contributed by atoms with Gasteiger partial charge in [-0.05, 0) is 23.8 Å². The maximum absolute atomic E-state index is 11.8. The third-order valence-corrected chi connectivity index (χ3v) is 2.99. The van der Waals surface area contributed by atoms with Crippen molar-refractivity contribution in [2.45, 2.75) is 13.0 Å². The number of hydrogen-bond acceptors (Lipinski definition) is 3. The molecule has 0 spiro atoms. The van der Waals surface area contributed by atoms with Gasteiger partial charge in [-0.3, -0.25) is 9.78 Å². The first-order valence-corrected chi connectivity index (χ1v) is 6.23. The Morgan fingerprint density at radius 2 is 2.05 bits per heavy atom. The van der Waals surface area contributed by atoms with Crippen LogP contribution >= 0.6 is 11.6 Å². The van der Waals surface area contributed by atoms with E-state index in [1.54, 1.807) is 18.2 Å². The summed E-state index contributed by atoms with van der Waals surface area (Å²) in [6.45, 7) is 0.410. The Bertz CT molecular complexity index is 569. The molecule has 0 atom stereocenters. The minimum Gasteiger partial charge on any atom is -0.397 e. The maximum atomic E-state index is 11.8. The van der Waals surface area contributed by atoms with E-state index in [4.69, 9.17) is 17.3 Å². The van der Waals surface area contributed by atoms with Gasteiger partial charge >= 0.3 is 0 Å². The van der Waals surface area contributed by atoms with Crippen molar-refractivity contribution in [3.8, 4) is 0 Å². The van der Waals surface area contributed by atoms with E-state index in [-0.39, 0.29) is 12.3 Å². The first-order chi connectivity index (χ1) is 9.15. The lowest BCUT2D eigenvalue weighted by Crippen LogP contribution is -2.25. The molecular formula is C14H14ClN3O. The molecule has 0 saturated carbocycles. The standard InChI is InChI=1S/C14H14ClN3O/c15-13-4-2-1-3-10(13)8-18-14(19)7-12-6-5-11(16)9-17-12/h1-6,9H,7-8,16H2,(H,18,19). The van der Waals surface area contributed by atoms with Crippen LogP contribution in [0.3, 0.4) is 0 Å². The first kappa shape index (κ1) is 13.4. The minimum atomic E-state index is -0.0998. The van der Waals surface area contributed by atoms with Gasteiger partial charge in [-0.15, -0.1) is 0 Å². The molecule has 0 unspecified atom stereocenters. The van der Waals surface area contributed by atoms with Gasteiger partial charge in [-0.2, -0.15) is 0 Å². The van der Waals surface area contributed by atoms with Gasteiger partial charge in [0.15, 0.2) is 0 Å². The van der Waals surface area contributed by atoms with E-state index in [2.05, 4.69) is 10.3 Å². The summed E-state index contributed by atoms with van der Waals surface area (Å²) in [6.07, 6.45) is 1.77. The Morgan fingerprint density at radius 1 is 1.26 bits per heavy atom. The topological polar surface area (TPSA) is 68.0 Å². The average molecular weight is 276 g/mol. The van der Waals surface area contributed by atoms with Gasteiger partial charge in [-0.25, -0.2) is 0 Å². The van der Waals surface area contributed by atoms with Crippen LogP contribution in [0, 0.1) is 0 Å². The fourth-order valence-electron chi connectivity index (χ4n) is 1.60. The number of nitrogens with zero attached hydrogens (tertiary/aromatic N) is 1. The molecule has 1 aromatic heterocycles. The molecule has 3 N–H and O–H groups in total. The van der Waals surface area contributed by atoms with Crippen LogP contribution in [-0.2, 0) is 17.8 Å². The van der Waals surface area contributed by atoms with Crippen molar-refractivity contribution in [1.29, 1.82) is 0 Å². The number of amides is 1. The molecular weight excluding hydrogens is 262 g/mol. The fourth-order valence-corrected chi connectivity index (χ4v) is 1.81. The maximum Gasteiger partial charge on any atom is 0.226 e. The summed E-state index contributed by atoms with van der Waals surface area (Å²) in [5.74, 6) is -0.0998. The largest absolute Gasteiger partial charge is 0.397 e. The number of carbonyl (C=O) groups is 1. The van der Waals surface area contributed by atoms with Crippen molar-refractivity contribution in [1.82, 2.24) is 10.3 Å². The zero-order valence-electron chi connectivity index (χ0n) is 10.3. The summed E-state index contributed by atoms with van der Waals surface area (Å²) in [5.41, 5.74) is 7.69. The van der Waals surface area contributed by atoms with Crippen molar-refractivity contribution in [3.63, 3.8) is 0 Å². The summed E-state index contributed by atoms with van der Waals surface area (Å²) in [6, 6.07) is 10.9. The summed E-state index contributed by atoms with van der Waals surface area (Å²) in [7, 11) is 0. The van der Waals surface area contributed by atoms with E-state index in [0.29, 0.717) is 22.9 Å². The number of nitrogen functional groups attached to an aromatic ring is 1. The minimum absolute atomic E-state index is 0.0998. The van der Waals surface area contributed by atoms with Crippen LogP contribution in [0.2, 0.25) is 5.02 Å². The van der Waals surface area contributed by atoms with Crippen molar-refractivity contribution >= 4 is 23.2 Å². The van der Waals surface area contributed by atoms with Gasteiger partial charge in [0.1, 0.15) is 0 Å². The van der Waals surface area contributed by atoms with Gasteiger partial charge in [0, 0.05) is 17.3 Å².